The Balaban J connectivity index is 2.11. The van der Waals surface area contributed by atoms with Crippen LogP contribution in [-0.4, -0.2) is 17.1 Å². The molecule has 0 fully saturated rings. The number of methoxy groups -OCH3 is 1. The van der Waals surface area contributed by atoms with Crippen molar-refractivity contribution in [3.63, 3.8) is 0 Å². The van der Waals surface area contributed by atoms with Gasteiger partial charge in [-0.1, -0.05) is 12.1 Å². The summed E-state index contributed by atoms with van der Waals surface area (Å²) in [7, 11) is 1.61. The fourth-order valence-electron chi connectivity index (χ4n) is 1.35. The van der Waals surface area contributed by atoms with Crippen LogP contribution in [0.15, 0.2) is 42.7 Å². The summed E-state index contributed by atoms with van der Waals surface area (Å²) in [5, 5.41) is 0. The summed E-state index contributed by atoms with van der Waals surface area (Å²) in [5.41, 5.74) is 2.18. The Labute approximate surface area is 88.8 Å². The van der Waals surface area contributed by atoms with Crippen LogP contribution in [0, 0.1) is 0 Å². The monoisotopic (exact) mass is 200 g/mol. The molecule has 0 aromatic carbocycles. The van der Waals surface area contributed by atoms with E-state index >= 15 is 0 Å². The summed E-state index contributed by atoms with van der Waals surface area (Å²) in [5.74, 6) is 0.639. The van der Waals surface area contributed by atoms with Crippen molar-refractivity contribution in [1.29, 1.82) is 0 Å². The molecule has 2 heterocycles. The summed E-state index contributed by atoms with van der Waals surface area (Å²) in [6.45, 7) is 0. The lowest BCUT2D eigenvalue weighted by molar-refractivity contribution is 0.397. The molecule has 0 aliphatic rings. The predicted octanol–water partition coefficient (Wildman–Crippen LogP) is 2.08. The maximum atomic E-state index is 4.99. The lowest BCUT2D eigenvalue weighted by atomic mass is 10.1. The molecule has 2 rings (SSSR count). The number of pyridine rings is 2. The average molecular weight is 200 g/mol. The number of aromatic nitrogens is 2. The van der Waals surface area contributed by atoms with E-state index in [1.165, 1.54) is 0 Å². The Morgan fingerprint density at radius 2 is 2.07 bits per heavy atom. The first kappa shape index (κ1) is 9.65. The summed E-state index contributed by atoms with van der Waals surface area (Å²) in [4.78, 5) is 8.40. The molecular formula is C12H12N2O. The Kier molecular flexibility index (Phi) is 2.93. The predicted molar refractivity (Wildman–Crippen MR) is 57.8 cm³/mol. The molecule has 0 saturated carbocycles. The minimum Gasteiger partial charge on any atom is -0.481 e. The zero-order valence-electron chi connectivity index (χ0n) is 8.55. The summed E-state index contributed by atoms with van der Waals surface area (Å²) in [6.07, 6.45) is 4.41. The third-order valence-corrected chi connectivity index (χ3v) is 2.12. The minimum atomic E-state index is 0.639. The molecular weight excluding hydrogens is 188 g/mol. The maximum Gasteiger partial charge on any atom is 0.212 e. The fraction of sp³-hybridized carbons (Fsp3) is 0.167. The van der Waals surface area contributed by atoms with Crippen molar-refractivity contribution in [3.05, 3.63) is 54.0 Å². The Hall–Kier alpha value is -1.90. The van der Waals surface area contributed by atoms with Crippen LogP contribution in [0.4, 0.5) is 0 Å². The van der Waals surface area contributed by atoms with Crippen molar-refractivity contribution in [2.45, 2.75) is 6.42 Å². The van der Waals surface area contributed by atoms with Gasteiger partial charge in [0.05, 0.1) is 7.11 Å². The molecule has 0 atom stereocenters. The van der Waals surface area contributed by atoms with Gasteiger partial charge in [0.1, 0.15) is 0 Å². The standard InChI is InChI=1S/C12H12N2O/c1-15-12-6-5-10(9-14-12)8-11-4-2-3-7-13-11/h2-7,9H,8H2,1H3. The zero-order chi connectivity index (χ0) is 10.5. The smallest absolute Gasteiger partial charge is 0.212 e. The Morgan fingerprint density at radius 3 is 2.67 bits per heavy atom. The fourth-order valence-corrected chi connectivity index (χ4v) is 1.35. The molecule has 15 heavy (non-hydrogen) atoms. The van der Waals surface area contributed by atoms with Crippen LogP contribution in [0.25, 0.3) is 0 Å². The molecule has 0 saturated heterocycles. The molecule has 76 valence electrons. The first-order valence-electron chi connectivity index (χ1n) is 4.77. The highest BCUT2D eigenvalue weighted by Crippen LogP contribution is 2.09. The Bertz CT molecular complexity index is 411. The molecule has 0 radical (unpaired) electrons. The SMILES string of the molecule is COc1ccc(Cc2ccccn2)cn1. The van der Waals surface area contributed by atoms with Gasteiger partial charge in [-0.2, -0.15) is 0 Å². The van der Waals surface area contributed by atoms with Gasteiger partial charge in [-0.3, -0.25) is 4.98 Å². The lowest BCUT2D eigenvalue weighted by Gasteiger charge is -2.01. The first-order chi connectivity index (χ1) is 7.38. The molecule has 2 aromatic heterocycles. The van der Waals surface area contributed by atoms with Crippen molar-refractivity contribution in [3.8, 4) is 5.88 Å². The number of rotatable bonds is 3. The lowest BCUT2D eigenvalue weighted by Crippen LogP contribution is -1.93. The number of hydrogen-bond donors (Lipinski definition) is 0. The van der Waals surface area contributed by atoms with E-state index in [1.54, 1.807) is 13.3 Å². The van der Waals surface area contributed by atoms with Crippen LogP contribution in [0.2, 0.25) is 0 Å². The summed E-state index contributed by atoms with van der Waals surface area (Å²) >= 11 is 0. The van der Waals surface area contributed by atoms with Gasteiger partial charge in [-0.25, -0.2) is 4.98 Å². The van der Waals surface area contributed by atoms with Crippen molar-refractivity contribution in [1.82, 2.24) is 9.97 Å². The quantitative estimate of drug-likeness (QED) is 0.760. The third kappa shape index (κ3) is 2.53. The van der Waals surface area contributed by atoms with Crippen molar-refractivity contribution >= 4 is 0 Å². The second-order valence-electron chi connectivity index (χ2n) is 3.21. The summed E-state index contributed by atoms with van der Waals surface area (Å²) in [6, 6.07) is 9.76. The van der Waals surface area contributed by atoms with Crippen LogP contribution in [-0.2, 0) is 6.42 Å². The highest BCUT2D eigenvalue weighted by molar-refractivity contribution is 5.22. The molecule has 3 nitrogen and oxygen atoms in total. The topological polar surface area (TPSA) is 35.0 Å². The van der Waals surface area contributed by atoms with Crippen LogP contribution in [0.3, 0.4) is 0 Å². The van der Waals surface area contributed by atoms with Gasteiger partial charge in [0, 0.05) is 30.6 Å². The molecule has 0 aliphatic heterocycles. The number of hydrogen-bond acceptors (Lipinski definition) is 3. The largest absolute Gasteiger partial charge is 0.481 e. The van der Waals surface area contributed by atoms with E-state index in [-0.39, 0.29) is 0 Å². The molecule has 2 aromatic rings. The van der Waals surface area contributed by atoms with Crippen LogP contribution in [0.1, 0.15) is 11.3 Å². The van der Waals surface area contributed by atoms with E-state index in [1.807, 2.05) is 36.5 Å². The number of nitrogens with zero attached hydrogens (tertiary/aromatic N) is 2. The van der Waals surface area contributed by atoms with Gasteiger partial charge in [0.2, 0.25) is 5.88 Å². The van der Waals surface area contributed by atoms with Crippen molar-refractivity contribution in [2.24, 2.45) is 0 Å². The zero-order valence-corrected chi connectivity index (χ0v) is 8.55. The molecule has 0 N–H and O–H groups in total. The van der Waals surface area contributed by atoms with Crippen molar-refractivity contribution < 1.29 is 4.74 Å². The van der Waals surface area contributed by atoms with Gasteiger partial charge < -0.3 is 4.74 Å². The maximum absolute atomic E-state index is 4.99. The summed E-state index contributed by atoms with van der Waals surface area (Å²) < 4.78 is 4.99. The number of ether oxygens (including phenoxy) is 1. The van der Waals surface area contributed by atoms with Crippen LogP contribution < -0.4 is 4.74 Å². The first-order valence-corrected chi connectivity index (χ1v) is 4.77. The third-order valence-electron chi connectivity index (χ3n) is 2.12. The van der Waals surface area contributed by atoms with Gasteiger partial charge in [-0.15, -0.1) is 0 Å². The van der Waals surface area contributed by atoms with E-state index in [9.17, 15) is 0 Å². The molecule has 0 unspecified atom stereocenters. The van der Waals surface area contributed by atoms with E-state index < -0.39 is 0 Å². The van der Waals surface area contributed by atoms with Crippen LogP contribution >= 0.6 is 0 Å². The molecule has 0 aliphatic carbocycles. The molecule has 0 amide bonds. The second kappa shape index (κ2) is 4.55. The Morgan fingerprint density at radius 1 is 1.13 bits per heavy atom. The van der Waals surface area contributed by atoms with E-state index in [4.69, 9.17) is 4.74 Å². The average Bonchev–Trinajstić information content (AvgIpc) is 2.31. The van der Waals surface area contributed by atoms with Gasteiger partial charge in [0.25, 0.3) is 0 Å². The molecule has 0 bridgehead atoms. The molecule has 0 spiro atoms. The normalized spacial score (nSPS) is 9.93. The van der Waals surface area contributed by atoms with Gasteiger partial charge in [0.15, 0.2) is 0 Å². The van der Waals surface area contributed by atoms with Gasteiger partial charge >= 0.3 is 0 Å². The van der Waals surface area contributed by atoms with Crippen LogP contribution in [0.5, 0.6) is 5.88 Å². The second-order valence-corrected chi connectivity index (χ2v) is 3.21. The van der Waals surface area contributed by atoms with E-state index in [0.717, 1.165) is 17.7 Å². The minimum absolute atomic E-state index is 0.639. The van der Waals surface area contributed by atoms with E-state index in [0.29, 0.717) is 5.88 Å². The molecule has 3 heteroatoms. The van der Waals surface area contributed by atoms with Crippen molar-refractivity contribution in [2.75, 3.05) is 7.11 Å². The highest BCUT2D eigenvalue weighted by atomic mass is 16.5. The van der Waals surface area contributed by atoms with Gasteiger partial charge in [-0.05, 0) is 17.7 Å². The van der Waals surface area contributed by atoms with E-state index in [2.05, 4.69) is 9.97 Å². The highest BCUT2D eigenvalue weighted by Gasteiger charge is 1.98.